The molecular weight excluding hydrogens is 254 g/mol. The smallest absolute Gasteiger partial charge is 0.0495 e. The molecule has 0 radical (unpaired) electrons. The van der Waals surface area contributed by atoms with Crippen LogP contribution in [0, 0.1) is 19.8 Å². The van der Waals surface area contributed by atoms with Crippen molar-refractivity contribution in [2.24, 2.45) is 7.05 Å². The SMILES string of the molecule is C#C.C=Cc1c(C)ccc2c1c1ccccc1n2C.CC. The van der Waals surface area contributed by atoms with E-state index in [1.165, 1.54) is 32.9 Å². The zero-order chi connectivity index (χ0) is 16.0. The molecule has 1 aromatic heterocycles. The molecule has 2 aromatic carbocycles. The maximum absolute atomic E-state index is 4.00. The van der Waals surface area contributed by atoms with Crippen LogP contribution in [0.5, 0.6) is 0 Å². The summed E-state index contributed by atoms with van der Waals surface area (Å²) in [7, 11) is 2.12. The van der Waals surface area contributed by atoms with Crippen LogP contribution in [0.4, 0.5) is 0 Å². The second-order valence-corrected chi connectivity index (χ2v) is 4.47. The number of nitrogens with zero attached hydrogens (tertiary/aromatic N) is 1. The van der Waals surface area contributed by atoms with E-state index in [0.29, 0.717) is 0 Å². The molecule has 0 amide bonds. The molecule has 1 nitrogen and oxygen atoms in total. The van der Waals surface area contributed by atoms with Gasteiger partial charge in [-0.2, -0.15) is 0 Å². The zero-order valence-electron chi connectivity index (χ0n) is 13.4. The fourth-order valence-electron chi connectivity index (χ4n) is 2.65. The molecule has 0 bridgehead atoms. The molecule has 3 rings (SSSR count). The molecule has 1 heterocycles. The highest BCUT2D eigenvalue weighted by Crippen LogP contribution is 2.32. The van der Waals surface area contributed by atoms with Crippen molar-refractivity contribution in [3.05, 3.63) is 54.1 Å². The van der Waals surface area contributed by atoms with Crippen LogP contribution in [0.2, 0.25) is 0 Å². The molecule has 0 atom stereocenters. The number of para-hydroxylation sites is 1. The van der Waals surface area contributed by atoms with E-state index < -0.39 is 0 Å². The first-order chi connectivity index (χ1) is 10.2. The van der Waals surface area contributed by atoms with Gasteiger partial charge in [0.2, 0.25) is 0 Å². The molecule has 0 unspecified atom stereocenters. The van der Waals surface area contributed by atoms with Crippen LogP contribution in [0.3, 0.4) is 0 Å². The number of aromatic nitrogens is 1. The predicted octanol–water partition coefficient (Wildman–Crippen LogP) is 5.56. The molecule has 0 fully saturated rings. The summed E-state index contributed by atoms with van der Waals surface area (Å²) in [6.45, 7) is 10.1. The quantitative estimate of drug-likeness (QED) is 0.513. The van der Waals surface area contributed by atoms with Gasteiger partial charge < -0.3 is 4.57 Å². The minimum atomic E-state index is 1.25. The molecule has 0 N–H and O–H groups in total. The van der Waals surface area contributed by atoms with Crippen molar-refractivity contribution < 1.29 is 0 Å². The van der Waals surface area contributed by atoms with Gasteiger partial charge in [-0.3, -0.25) is 0 Å². The summed E-state index contributed by atoms with van der Waals surface area (Å²) in [5.74, 6) is 0. The molecule has 0 aliphatic carbocycles. The first-order valence-electron chi connectivity index (χ1n) is 7.16. The average molecular weight is 277 g/mol. The van der Waals surface area contributed by atoms with E-state index in [1.807, 2.05) is 19.9 Å². The Morgan fingerprint density at radius 1 is 1.00 bits per heavy atom. The highest BCUT2D eigenvalue weighted by atomic mass is 14.9. The van der Waals surface area contributed by atoms with E-state index in [2.05, 4.69) is 74.4 Å². The zero-order valence-corrected chi connectivity index (χ0v) is 13.4. The summed E-state index contributed by atoms with van der Waals surface area (Å²) in [5.41, 5.74) is 5.08. The van der Waals surface area contributed by atoms with E-state index in [1.54, 1.807) is 0 Å². The molecule has 1 heteroatoms. The van der Waals surface area contributed by atoms with Gasteiger partial charge >= 0.3 is 0 Å². The Kier molecular flexibility index (Phi) is 5.81. The number of hydrogen-bond acceptors (Lipinski definition) is 0. The Labute approximate surface area is 127 Å². The summed E-state index contributed by atoms with van der Waals surface area (Å²) in [5, 5.41) is 2.63. The first kappa shape index (κ1) is 16.6. The van der Waals surface area contributed by atoms with E-state index in [0.717, 1.165) is 0 Å². The fourth-order valence-corrected chi connectivity index (χ4v) is 2.65. The van der Waals surface area contributed by atoms with Crippen molar-refractivity contribution >= 4 is 27.9 Å². The second kappa shape index (κ2) is 7.36. The minimum absolute atomic E-state index is 1.25. The molecule has 0 aliphatic rings. The van der Waals surface area contributed by atoms with E-state index >= 15 is 0 Å². The number of fused-ring (bicyclic) bond motifs is 3. The van der Waals surface area contributed by atoms with Crippen molar-refractivity contribution in [2.45, 2.75) is 20.8 Å². The Hall–Kier alpha value is -2.46. The molecule has 3 aromatic rings. The van der Waals surface area contributed by atoms with Gasteiger partial charge in [-0.15, -0.1) is 12.8 Å². The summed E-state index contributed by atoms with van der Waals surface area (Å²) >= 11 is 0. The van der Waals surface area contributed by atoms with Crippen molar-refractivity contribution in [1.82, 2.24) is 4.57 Å². The van der Waals surface area contributed by atoms with Gasteiger partial charge in [0.15, 0.2) is 0 Å². The highest BCUT2D eigenvalue weighted by molar-refractivity contribution is 6.12. The normalized spacial score (nSPS) is 9.43. The van der Waals surface area contributed by atoms with Crippen LogP contribution in [0.25, 0.3) is 27.9 Å². The minimum Gasteiger partial charge on any atom is -0.344 e. The number of rotatable bonds is 1. The standard InChI is InChI=1S/C16H15N.C2H6.C2H2/c1-4-12-11(2)9-10-15-16(12)13-7-5-6-8-14(13)17(15)3;2*1-2/h4-10H,1H2,2-3H3;1-2H3;1-2H. The Morgan fingerprint density at radius 2 is 1.62 bits per heavy atom. The predicted molar refractivity (Wildman–Crippen MR) is 96.5 cm³/mol. The average Bonchev–Trinajstić information content (AvgIpc) is 2.85. The lowest BCUT2D eigenvalue weighted by Gasteiger charge is -2.03. The van der Waals surface area contributed by atoms with E-state index in [4.69, 9.17) is 0 Å². The summed E-state index contributed by atoms with van der Waals surface area (Å²) in [6, 6.07) is 12.9. The number of hydrogen-bond donors (Lipinski definition) is 0. The van der Waals surface area contributed by atoms with Crippen LogP contribution >= 0.6 is 0 Å². The molecule has 108 valence electrons. The topological polar surface area (TPSA) is 4.93 Å². The number of benzene rings is 2. The van der Waals surface area contributed by atoms with E-state index in [-0.39, 0.29) is 0 Å². The maximum Gasteiger partial charge on any atom is 0.0495 e. The van der Waals surface area contributed by atoms with Crippen LogP contribution in [0.1, 0.15) is 25.0 Å². The largest absolute Gasteiger partial charge is 0.344 e. The summed E-state index contributed by atoms with van der Waals surface area (Å²) < 4.78 is 2.25. The van der Waals surface area contributed by atoms with Crippen LogP contribution in [-0.2, 0) is 7.05 Å². The Balaban J connectivity index is 0.000000510. The van der Waals surface area contributed by atoms with Gasteiger partial charge in [-0.05, 0) is 30.2 Å². The maximum atomic E-state index is 4.00. The lowest BCUT2D eigenvalue weighted by Crippen LogP contribution is -1.87. The van der Waals surface area contributed by atoms with Gasteiger partial charge in [0, 0.05) is 28.9 Å². The van der Waals surface area contributed by atoms with Gasteiger partial charge in [0.05, 0.1) is 0 Å². The van der Waals surface area contributed by atoms with Crippen molar-refractivity contribution in [1.29, 1.82) is 0 Å². The van der Waals surface area contributed by atoms with Crippen LogP contribution in [-0.4, -0.2) is 4.57 Å². The van der Waals surface area contributed by atoms with Gasteiger partial charge in [0.1, 0.15) is 0 Å². The number of aryl methyl sites for hydroxylation is 2. The number of terminal acetylenes is 1. The first-order valence-corrected chi connectivity index (χ1v) is 7.16. The lowest BCUT2D eigenvalue weighted by molar-refractivity contribution is 1.01. The van der Waals surface area contributed by atoms with Gasteiger partial charge in [0.25, 0.3) is 0 Å². The van der Waals surface area contributed by atoms with Crippen molar-refractivity contribution in [2.75, 3.05) is 0 Å². The van der Waals surface area contributed by atoms with Gasteiger partial charge in [-0.25, -0.2) is 0 Å². The van der Waals surface area contributed by atoms with E-state index in [9.17, 15) is 0 Å². The molecule has 0 saturated carbocycles. The van der Waals surface area contributed by atoms with Crippen LogP contribution < -0.4 is 0 Å². The van der Waals surface area contributed by atoms with Gasteiger partial charge in [-0.1, -0.05) is 50.8 Å². The summed E-state index contributed by atoms with van der Waals surface area (Å²) in [4.78, 5) is 0. The molecule has 21 heavy (non-hydrogen) atoms. The Bertz CT molecular complexity index is 772. The third kappa shape index (κ3) is 2.71. The monoisotopic (exact) mass is 277 g/mol. The third-order valence-electron chi connectivity index (χ3n) is 3.54. The summed E-state index contributed by atoms with van der Waals surface area (Å²) in [6.07, 6.45) is 9.96. The molecule has 0 aliphatic heterocycles. The van der Waals surface area contributed by atoms with Crippen molar-refractivity contribution in [3.63, 3.8) is 0 Å². The highest BCUT2D eigenvalue weighted by Gasteiger charge is 2.11. The van der Waals surface area contributed by atoms with Crippen molar-refractivity contribution in [3.8, 4) is 12.8 Å². The lowest BCUT2D eigenvalue weighted by atomic mass is 10.0. The molecular formula is C20H23N. The molecule has 0 saturated heterocycles. The third-order valence-corrected chi connectivity index (χ3v) is 3.54. The Morgan fingerprint density at radius 3 is 2.24 bits per heavy atom. The van der Waals surface area contributed by atoms with Crippen LogP contribution in [0.15, 0.2) is 43.0 Å². The molecule has 0 spiro atoms. The second-order valence-electron chi connectivity index (χ2n) is 4.47. The fraction of sp³-hybridized carbons (Fsp3) is 0.200.